The first-order valence-electron chi connectivity index (χ1n) is 5.40. The molecule has 0 bridgehead atoms. The highest BCUT2D eigenvalue weighted by Crippen LogP contribution is 2.21. The minimum atomic E-state index is -0.0516. The Balaban J connectivity index is 2.42. The first kappa shape index (κ1) is 13.8. The normalized spacial score (nSPS) is 10.4. The highest BCUT2D eigenvalue weighted by atomic mass is 79.9. The number of nitrogens with two attached hydrogens (primary N) is 1. The highest BCUT2D eigenvalue weighted by molar-refractivity contribution is 9.10. The number of nitrogens with one attached hydrogen (secondary N) is 2. The molecule has 1 amide bonds. The van der Waals surface area contributed by atoms with Gasteiger partial charge in [0.1, 0.15) is 5.82 Å². The zero-order chi connectivity index (χ0) is 12.8. The first-order chi connectivity index (χ1) is 7.99. The Morgan fingerprint density at radius 1 is 1.59 bits per heavy atom. The molecule has 1 rings (SSSR count). The van der Waals surface area contributed by atoms with Crippen LogP contribution < -0.4 is 16.4 Å². The average molecular weight is 301 g/mol. The molecule has 1 aromatic rings. The van der Waals surface area contributed by atoms with Gasteiger partial charge < -0.3 is 16.4 Å². The van der Waals surface area contributed by atoms with Crippen LogP contribution in [0.25, 0.3) is 0 Å². The largest absolute Gasteiger partial charge is 0.397 e. The quantitative estimate of drug-likeness (QED) is 0.772. The van der Waals surface area contributed by atoms with Crippen LogP contribution in [0, 0.1) is 5.92 Å². The molecule has 4 N–H and O–H groups in total. The summed E-state index contributed by atoms with van der Waals surface area (Å²) in [5, 5.41) is 5.75. The Kier molecular flexibility index (Phi) is 5.21. The van der Waals surface area contributed by atoms with Gasteiger partial charge in [-0.1, -0.05) is 13.8 Å². The summed E-state index contributed by atoms with van der Waals surface area (Å²) in [5.41, 5.74) is 6.14. The van der Waals surface area contributed by atoms with E-state index < -0.39 is 0 Å². The lowest BCUT2D eigenvalue weighted by molar-refractivity contribution is -0.119. The molecule has 0 unspecified atom stereocenters. The molecule has 5 nitrogen and oxygen atoms in total. The number of hydrogen-bond donors (Lipinski definition) is 3. The van der Waals surface area contributed by atoms with E-state index in [1.54, 1.807) is 12.3 Å². The number of carbonyl (C=O) groups excluding carboxylic acids is 1. The van der Waals surface area contributed by atoms with E-state index in [0.29, 0.717) is 24.0 Å². The molecule has 0 radical (unpaired) electrons. The minimum absolute atomic E-state index is 0.0516. The summed E-state index contributed by atoms with van der Waals surface area (Å²) < 4.78 is 0.745. The van der Waals surface area contributed by atoms with Crippen LogP contribution in [0.2, 0.25) is 0 Å². The first-order valence-corrected chi connectivity index (χ1v) is 6.20. The van der Waals surface area contributed by atoms with E-state index in [1.807, 2.05) is 13.8 Å². The topological polar surface area (TPSA) is 80.0 Å². The molecule has 1 aromatic heterocycles. The van der Waals surface area contributed by atoms with Gasteiger partial charge in [-0.25, -0.2) is 4.98 Å². The molecule has 0 saturated heterocycles. The predicted molar refractivity (Wildman–Crippen MR) is 72.7 cm³/mol. The maximum absolute atomic E-state index is 11.5. The summed E-state index contributed by atoms with van der Waals surface area (Å²) in [7, 11) is 0. The molecular weight excluding hydrogens is 284 g/mol. The van der Waals surface area contributed by atoms with Gasteiger partial charge in [0.15, 0.2) is 0 Å². The van der Waals surface area contributed by atoms with Crippen LogP contribution >= 0.6 is 15.9 Å². The molecule has 0 atom stereocenters. The predicted octanol–water partition coefficient (Wildman–Crippen LogP) is 1.61. The second-order valence-corrected chi connectivity index (χ2v) is 5.00. The number of aromatic nitrogens is 1. The van der Waals surface area contributed by atoms with Crippen molar-refractivity contribution in [3.8, 4) is 0 Å². The number of nitrogens with zero attached hydrogens (tertiary/aromatic N) is 1. The van der Waals surface area contributed by atoms with Crippen molar-refractivity contribution in [2.24, 2.45) is 5.92 Å². The number of nitrogen functional groups attached to an aromatic ring is 1. The molecule has 1 heterocycles. The SMILES string of the molecule is CC(C)CNC(=O)CNc1ncc(N)cc1Br. The van der Waals surface area contributed by atoms with Crippen LogP contribution in [-0.4, -0.2) is 24.0 Å². The second kappa shape index (κ2) is 6.44. The van der Waals surface area contributed by atoms with Crippen molar-refractivity contribution in [1.82, 2.24) is 10.3 Å². The maximum atomic E-state index is 11.5. The fourth-order valence-electron chi connectivity index (χ4n) is 1.13. The van der Waals surface area contributed by atoms with Crippen LogP contribution in [0.1, 0.15) is 13.8 Å². The van der Waals surface area contributed by atoms with Gasteiger partial charge in [-0.15, -0.1) is 0 Å². The summed E-state index contributed by atoms with van der Waals surface area (Å²) >= 11 is 3.32. The molecule has 94 valence electrons. The third-order valence-corrected chi connectivity index (χ3v) is 2.59. The fourth-order valence-corrected chi connectivity index (χ4v) is 1.63. The van der Waals surface area contributed by atoms with Crippen molar-refractivity contribution in [2.45, 2.75) is 13.8 Å². The van der Waals surface area contributed by atoms with Gasteiger partial charge in [-0.05, 0) is 27.9 Å². The fraction of sp³-hybridized carbons (Fsp3) is 0.455. The van der Waals surface area contributed by atoms with E-state index in [9.17, 15) is 4.79 Å². The summed E-state index contributed by atoms with van der Waals surface area (Å²) in [6.07, 6.45) is 1.54. The smallest absolute Gasteiger partial charge is 0.239 e. The highest BCUT2D eigenvalue weighted by Gasteiger charge is 2.05. The molecule has 0 aliphatic heterocycles. The van der Waals surface area contributed by atoms with Crippen molar-refractivity contribution in [3.63, 3.8) is 0 Å². The Morgan fingerprint density at radius 3 is 2.88 bits per heavy atom. The summed E-state index contributed by atoms with van der Waals surface area (Å²) in [6.45, 7) is 4.97. The van der Waals surface area contributed by atoms with Crippen LogP contribution in [-0.2, 0) is 4.79 Å². The van der Waals surface area contributed by atoms with Crippen LogP contribution in [0.4, 0.5) is 11.5 Å². The number of pyridine rings is 1. The standard InChI is InChI=1S/C11H17BrN4O/c1-7(2)4-14-10(17)6-16-11-9(12)3-8(13)5-15-11/h3,5,7H,4,6,13H2,1-2H3,(H,14,17)(H,15,16). The number of carbonyl (C=O) groups is 1. The molecule has 0 spiro atoms. The molecule has 17 heavy (non-hydrogen) atoms. The monoisotopic (exact) mass is 300 g/mol. The molecule has 0 saturated carbocycles. The van der Waals surface area contributed by atoms with Gasteiger partial charge in [0, 0.05) is 6.54 Å². The Hall–Kier alpha value is -1.30. The van der Waals surface area contributed by atoms with Crippen LogP contribution in [0.3, 0.4) is 0 Å². The Labute approximate surface area is 109 Å². The van der Waals surface area contributed by atoms with Gasteiger partial charge in [0.25, 0.3) is 0 Å². The van der Waals surface area contributed by atoms with Crippen molar-refractivity contribution < 1.29 is 4.79 Å². The number of halogens is 1. The number of amides is 1. The third-order valence-electron chi connectivity index (χ3n) is 1.99. The number of hydrogen-bond acceptors (Lipinski definition) is 4. The van der Waals surface area contributed by atoms with Crippen LogP contribution in [0.5, 0.6) is 0 Å². The Bertz CT molecular complexity index is 395. The lowest BCUT2D eigenvalue weighted by atomic mass is 10.2. The lowest BCUT2D eigenvalue weighted by Gasteiger charge is -2.10. The Morgan fingerprint density at radius 2 is 2.29 bits per heavy atom. The van der Waals surface area contributed by atoms with E-state index in [1.165, 1.54) is 0 Å². The van der Waals surface area contributed by atoms with E-state index >= 15 is 0 Å². The zero-order valence-corrected chi connectivity index (χ0v) is 11.5. The van der Waals surface area contributed by atoms with Crippen LogP contribution in [0.15, 0.2) is 16.7 Å². The van der Waals surface area contributed by atoms with Gasteiger partial charge in [-0.3, -0.25) is 4.79 Å². The minimum Gasteiger partial charge on any atom is -0.397 e. The lowest BCUT2D eigenvalue weighted by Crippen LogP contribution is -2.32. The summed E-state index contributed by atoms with van der Waals surface area (Å²) in [4.78, 5) is 15.5. The molecular formula is C11H17BrN4O. The van der Waals surface area contributed by atoms with Crippen molar-refractivity contribution in [2.75, 3.05) is 24.1 Å². The molecule has 0 aliphatic rings. The van der Waals surface area contributed by atoms with E-state index in [-0.39, 0.29) is 12.5 Å². The van der Waals surface area contributed by atoms with E-state index in [0.717, 1.165) is 4.47 Å². The maximum Gasteiger partial charge on any atom is 0.239 e. The number of anilines is 2. The third kappa shape index (κ3) is 5.04. The second-order valence-electron chi connectivity index (χ2n) is 4.15. The molecule has 6 heteroatoms. The molecule has 0 aromatic carbocycles. The van der Waals surface area contributed by atoms with E-state index in [2.05, 4.69) is 31.5 Å². The van der Waals surface area contributed by atoms with Crippen molar-refractivity contribution >= 4 is 33.3 Å². The van der Waals surface area contributed by atoms with E-state index in [4.69, 9.17) is 5.73 Å². The van der Waals surface area contributed by atoms with Gasteiger partial charge in [-0.2, -0.15) is 0 Å². The van der Waals surface area contributed by atoms with Gasteiger partial charge >= 0.3 is 0 Å². The molecule has 0 fully saturated rings. The summed E-state index contributed by atoms with van der Waals surface area (Å²) in [6, 6.07) is 1.74. The molecule has 0 aliphatic carbocycles. The van der Waals surface area contributed by atoms with Crippen molar-refractivity contribution in [1.29, 1.82) is 0 Å². The van der Waals surface area contributed by atoms with Gasteiger partial charge in [0.05, 0.1) is 22.9 Å². The van der Waals surface area contributed by atoms with Crippen molar-refractivity contribution in [3.05, 3.63) is 16.7 Å². The number of rotatable bonds is 5. The summed E-state index contributed by atoms with van der Waals surface area (Å²) in [5.74, 6) is 1.00. The van der Waals surface area contributed by atoms with Gasteiger partial charge in [0.2, 0.25) is 5.91 Å². The zero-order valence-electron chi connectivity index (χ0n) is 9.96. The average Bonchev–Trinajstić information content (AvgIpc) is 2.25.